The third-order valence-electron chi connectivity index (χ3n) is 7.96. The summed E-state index contributed by atoms with van der Waals surface area (Å²) in [6.45, 7) is 0.221. The first-order chi connectivity index (χ1) is 23.5. The van der Waals surface area contributed by atoms with E-state index in [1.54, 1.807) is 49.4 Å². The minimum Gasteiger partial charge on any atom is -0.497 e. The van der Waals surface area contributed by atoms with Gasteiger partial charge in [0, 0.05) is 17.0 Å². The van der Waals surface area contributed by atoms with E-state index in [2.05, 4.69) is 30.3 Å². The highest BCUT2D eigenvalue weighted by molar-refractivity contribution is 6.06. The molecule has 1 amide bonds. The second-order valence-corrected chi connectivity index (χ2v) is 10.8. The summed E-state index contributed by atoms with van der Waals surface area (Å²) in [5.74, 6) is 1.36. The van der Waals surface area contributed by atoms with Crippen LogP contribution in [0.4, 0.5) is 5.82 Å². The fourth-order valence-electron chi connectivity index (χ4n) is 5.59. The van der Waals surface area contributed by atoms with Gasteiger partial charge in [0.2, 0.25) is 0 Å². The smallest absolute Gasteiger partial charge is 0.256 e. The largest absolute Gasteiger partial charge is 0.497 e. The average molecular weight is 641 g/mol. The van der Waals surface area contributed by atoms with Gasteiger partial charge in [-0.25, -0.2) is 15.0 Å². The Kier molecular flexibility index (Phi) is 9.56. The summed E-state index contributed by atoms with van der Waals surface area (Å²) in [6, 6.07) is 33.4. The lowest BCUT2D eigenvalue weighted by atomic mass is 9.80. The van der Waals surface area contributed by atoms with E-state index in [0.29, 0.717) is 28.2 Å². The van der Waals surface area contributed by atoms with E-state index >= 15 is 0 Å². The van der Waals surface area contributed by atoms with Crippen LogP contribution in [-0.4, -0.2) is 52.3 Å². The first-order valence-corrected chi connectivity index (χ1v) is 15.1. The molecule has 0 radical (unpaired) electrons. The number of methoxy groups -OCH3 is 2. The number of imidazole rings is 1. The number of carbonyl (C=O) groups is 1. The van der Waals surface area contributed by atoms with E-state index in [1.807, 2.05) is 84.9 Å². The number of fused-ring (bicyclic) bond motifs is 1. The van der Waals surface area contributed by atoms with E-state index in [-0.39, 0.29) is 24.9 Å². The van der Waals surface area contributed by atoms with Gasteiger partial charge >= 0.3 is 0 Å². The molecule has 1 N–H and O–H groups in total. The first-order valence-electron chi connectivity index (χ1n) is 15.1. The van der Waals surface area contributed by atoms with Crippen LogP contribution in [0.25, 0.3) is 21.6 Å². The number of ether oxygens (including phenoxy) is 3. The number of benzene rings is 4. The standard InChI is InChI=1S/C36H32N8O4/c1-46-30-17-13-27(14-18-30)36(26-11-7-4-8-12-26,28-15-19-31(47-2)20-16-28)48-22-29(42-43-37)21-44-24-40-32-33(38-23-39-34(32)44)41-35(45)25-9-5-3-6-10-25/h3-20,23-24,29H,21-22H2,1-2H3,(H,38,39,41,45)/t29-/m0/s1. The molecule has 0 aliphatic rings. The number of azide groups is 1. The Labute approximate surface area is 276 Å². The predicted octanol–water partition coefficient (Wildman–Crippen LogP) is 6.78. The van der Waals surface area contributed by atoms with Gasteiger partial charge in [0.1, 0.15) is 23.4 Å². The molecule has 12 heteroatoms. The zero-order valence-corrected chi connectivity index (χ0v) is 26.3. The summed E-state index contributed by atoms with van der Waals surface area (Å²) < 4.78 is 19.6. The van der Waals surface area contributed by atoms with Gasteiger partial charge in [-0.2, -0.15) is 0 Å². The van der Waals surface area contributed by atoms with Gasteiger partial charge in [0.05, 0.1) is 33.2 Å². The number of rotatable bonds is 13. The third kappa shape index (κ3) is 6.52. The van der Waals surface area contributed by atoms with Crippen LogP contribution in [0.5, 0.6) is 11.5 Å². The van der Waals surface area contributed by atoms with Crippen LogP contribution >= 0.6 is 0 Å². The summed E-state index contributed by atoms with van der Waals surface area (Å²) in [6.07, 6.45) is 2.93. The van der Waals surface area contributed by atoms with Gasteiger partial charge in [-0.15, -0.1) is 0 Å². The van der Waals surface area contributed by atoms with Crippen molar-refractivity contribution in [2.75, 3.05) is 26.1 Å². The number of carbonyl (C=O) groups excluding carboxylic acids is 1. The van der Waals surface area contributed by atoms with Crippen molar-refractivity contribution in [3.63, 3.8) is 0 Å². The lowest BCUT2D eigenvalue weighted by Crippen LogP contribution is -2.36. The van der Waals surface area contributed by atoms with Crippen molar-refractivity contribution in [3.05, 3.63) is 155 Å². The lowest BCUT2D eigenvalue weighted by molar-refractivity contribution is 0.00324. The van der Waals surface area contributed by atoms with Gasteiger partial charge < -0.3 is 24.1 Å². The zero-order chi connectivity index (χ0) is 33.3. The van der Waals surface area contributed by atoms with E-state index in [9.17, 15) is 10.3 Å². The maximum Gasteiger partial charge on any atom is 0.256 e. The van der Waals surface area contributed by atoms with Crippen molar-refractivity contribution in [3.8, 4) is 11.5 Å². The number of hydrogen-bond donors (Lipinski definition) is 1. The molecule has 6 aromatic rings. The van der Waals surface area contributed by atoms with Crippen molar-refractivity contribution in [1.29, 1.82) is 0 Å². The molecule has 0 aliphatic heterocycles. The maximum atomic E-state index is 12.8. The molecule has 0 unspecified atom stereocenters. The van der Waals surface area contributed by atoms with Crippen LogP contribution in [0, 0.1) is 0 Å². The van der Waals surface area contributed by atoms with Crippen LogP contribution < -0.4 is 14.8 Å². The van der Waals surface area contributed by atoms with Crippen molar-refractivity contribution in [1.82, 2.24) is 19.5 Å². The number of amides is 1. The fraction of sp³-hybridized carbons (Fsp3) is 0.167. The van der Waals surface area contributed by atoms with E-state index < -0.39 is 11.6 Å². The SMILES string of the molecule is COc1ccc(C(OC[C@H](Cn2cnc3c(NC(=O)c4ccccc4)ncnc32)N=[N+]=[N-])(c2ccccc2)c2ccc(OC)cc2)cc1. The normalized spacial score (nSPS) is 11.8. The Morgan fingerprint density at radius 1 is 0.833 bits per heavy atom. The second kappa shape index (κ2) is 14.5. The minimum atomic E-state index is -1.10. The van der Waals surface area contributed by atoms with Crippen LogP contribution in [0.1, 0.15) is 27.0 Å². The molecule has 0 bridgehead atoms. The highest BCUT2D eigenvalue weighted by Crippen LogP contribution is 2.42. The second-order valence-electron chi connectivity index (χ2n) is 10.8. The van der Waals surface area contributed by atoms with Gasteiger partial charge in [-0.3, -0.25) is 4.79 Å². The monoisotopic (exact) mass is 640 g/mol. The average Bonchev–Trinajstić information content (AvgIpc) is 3.56. The molecule has 12 nitrogen and oxygen atoms in total. The molecule has 0 aliphatic carbocycles. The van der Waals surface area contributed by atoms with Crippen LogP contribution in [0.2, 0.25) is 0 Å². The van der Waals surface area contributed by atoms with Gasteiger partial charge in [-0.05, 0) is 58.6 Å². The Morgan fingerprint density at radius 3 is 2.00 bits per heavy atom. The lowest BCUT2D eigenvalue weighted by Gasteiger charge is -2.37. The maximum absolute atomic E-state index is 12.8. The number of aromatic nitrogens is 4. The molecule has 6 rings (SSSR count). The van der Waals surface area contributed by atoms with Crippen LogP contribution in [0.15, 0.2) is 127 Å². The third-order valence-corrected chi connectivity index (χ3v) is 7.96. The van der Waals surface area contributed by atoms with E-state index in [0.717, 1.165) is 16.7 Å². The van der Waals surface area contributed by atoms with Crippen molar-refractivity contribution < 1.29 is 19.0 Å². The summed E-state index contributed by atoms with van der Waals surface area (Å²) in [5.41, 5.74) is 12.4. The number of anilines is 1. The predicted molar refractivity (Wildman–Crippen MR) is 181 cm³/mol. The molecule has 0 saturated heterocycles. The number of hydrogen-bond acceptors (Lipinski definition) is 8. The Morgan fingerprint density at radius 2 is 1.42 bits per heavy atom. The Hall–Kier alpha value is -6.23. The zero-order valence-electron chi connectivity index (χ0n) is 26.3. The van der Waals surface area contributed by atoms with Gasteiger partial charge in [-0.1, -0.05) is 77.9 Å². The Bertz CT molecular complexity index is 1980. The van der Waals surface area contributed by atoms with Crippen molar-refractivity contribution in [2.45, 2.75) is 18.2 Å². The molecule has 0 fully saturated rings. The number of nitrogens with one attached hydrogen (secondary N) is 1. The summed E-state index contributed by atoms with van der Waals surface area (Å²) >= 11 is 0. The Balaban J connectivity index is 1.34. The summed E-state index contributed by atoms with van der Waals surface area (Å²) in [5, 5.41) is 6.93. The molecule has 2 aromatic heterocycles. The molecule has 1 atom stereocenters. The number of nitrogens with zero attached hydrogens (tertiary/aromatic N) is 7. The van der Waals surface area contributed by atoms with Gasteiger partial charge in [0.25, 0.3) is 5.91 Å². The molecule has 4 aromatic carbocycles. The highest BCUT2D eigenvalue weighted by atomic mass is 16.5. The van der Waals surface area contributed by atoms with Crippen LogP contribution in [-0.2, 0) is 16.9 Å². The molecular formula is C36H32N8O4. The van der Waals surface area contributed by atoms with E-state index in [4.69, 9.17) is 14.2 Å². The molecular weight excluding hydrogens is 608 g/mol. The topological polar surface area (TPSA) is 149 Å². The van der Waals surface area contributed by atoms with Gasteiger partial charge in [0.15, 0.2) is 17.0 Å². The molecule has 0 saturated carbocycles. The fourth-order valence-corrected chi connectivity index (χ4v) is 5.59. The first kappa shape index (κ1) is 31.7. The van der Waals surface area contributed by atoms with Crippen molar-refractivity contribution in [2.24, 2.45) is 5.11 Å². The highest BCUT2D eigenvalue weighted by Gasteiger charge is 2.38. The van der Waals surface area contributed by atoms with Crippen molar-refractivity contribution >= 4 is 22.9 Å². The van der Waals surface area contributed by atoms with Crippen LogP contribution in [0.3, 0.4) is 0 Å². The summed E-state index contributed by atoms with van der Waals surface area (Å²) in [4.78, 5) is 29.1. The molecule has 48 heavy (non-hydrogen) atoms. The summed E-state index contributed by atoms with van der Waals surface area (Å²) in [7, 11) is 3.24. The molecule has 2 heterocycles. The quantitative estimate of drug-likeness (QED) is 0.0633. The molecule has 0 spiro atoms. The van der Waals surface area contributed by atoms with E-state index in [1.165, 1.54) is 6.33 Å². The molecule has 240 valence electrons. The minimum absolute atomic E-state index is 0.0272.